The van der Waals surface area contributed by atoms with E-state index in [0.717, 1.165) is 38.1 Å². The molecule has 4 heteroatoms. The van der Waals surface area contributed by atoms with Crippen molar-refractivity contribution in [3.8, 4) is 11.1 Å². The molecule has 0 amide bonds. The fourth-order valence-corrected chi connectivity index (χ4v) is 4.38. The number of hydrogen-bond acceptors (Lipinski definition) is 3. The Kier molecular flexibility index (Phi) is 4.41. The zero-order valence-electron chi connectivity index (χ0n) is 16.2. The first-order valence-electron chi connectivity index (χ1n) is 10.0. The van der Waals surface area contributed by atoms with E-state index in [1.807, 2.05) is 12.4 Å². The van der Waals surface area contributed by atoms with Crippen molar-refractivity contribution in [1.82, 2.24) is 19.4 Å². The van der Waals surface area contributed by atoms with Crippen LogP contribution in [-0.2, 0) is 26.1 Å². The first-order valence-corrected chi connectivity index (χ1v) is 10.0. The molecule has 4 aromatic rings. The lowest BCUT2D eigenvalue weighted by molar-refractivity contribution is 0.285. The van der Waals surface area contributed by atoms with Gasteiger partial charge in [-0.05, 0) is 53.4 Å². The predicted octanol–water partition coefficient (Wildman–Crippen LogP) is 4.68. The van der Waals surface area contributed by atoms with E-state index in [2.05, 4.69) is 76.0 Å². The summed E-state index contributed by atoms with van der Waals surface area (Å²) in [6.07, 6.45) is 4.72. The van der Waals surface area contributed by atoms with Gasteiger partial charge in [0.25, 0.3) is 0 Å². The van der Waals surface area contributed by atoms with Gasteiger partial charge in [-0.1, -0.05) is 30.3 Å². The van der Waals surface area contributed by atoms with Crippen molar-refractivity contribution < 1.29 is 0 Å². The molecule has 2 aromatic heterocycles. The zero-order chi connectivity index (χ0) is 18.9. The Bertz CT molecular complexity index is 1110. The van der Waals surface area contributed by atoms with Crippen LogP contribution in [0.4, 0.5) is 0 Å². The van der Waals surface area contributed by atoms with Crippen LogP contribution in [0.15, 0.2) is 67.0 Å². The van der Waals surface area contributed by atoms with Gasteiger partial charge in [-0.25, -0.2) is 4.98 Å². The molecule has 0 bridgehead atoms. The Morgan fingerprint density at radius 3 is 2.64 bits per heavy atom. The second-order valence-corrected chi connectivity index (χ2v) is 7.40. The molecule has 0 saturated carbocycles. The highest BCUT2D eigenvalue weighted by atomic mass is 15.1. The van der Waals surface area contributed by atoms with E-state index in [1.54, 1.807) is 0 Å². The van der Waals surface area contributed by atoms with Crippen LogP contribution in [0, 0.1) is 0 Å². The number of aryl methyl sites for hydroxylation is 1. The third-order valence-electron chi connectivity index (χ3n) is 5.74. The molecule has 0 unspecified atom stereocenters. The molecule has 4 nitrogen and oxygen atoms in total. The summed E-state index contributed by atoms with van der Waals surface area (Å²) in [6, 6.07) is 19.3. The van der Waals surface area contributed by atoms with Crippen LogP contribution in [0.1, 0.15) is 23.9 Å². The molecule has 0 aliphatic carbocycles. The standard InChI is InChI=1S/C24H24N4/c1-2-28-23-9-4-3-8-22(23)26-24(28)12-15-27-16-19-6-5-7-20(21(19)17-27)18-10-13-25-14-11-18/h3-11,13-14H,2,12,15-17H2,1H3. The zero-order valence-corrected chi connectivity index (χ0v) is 16.2. The number of aromatic nitrogens is 3. The van der Waals surface area contributed by atoms with Gasteiger partial charge in [0.2, 0.25) is 0 Å². The molecule has 28 heavy (non-hydrogen) atoms. The minimum atomic E-state index is 0.961. The van der Waals surface area contributed by atoms with Crippen molar-refractivity contribution in [2.45, 2.75) is 33.0 Å². The van der Waals surface area contributed by atoms with Crippen molar-refractivity contribution in [2.75, 3.05) is 6.54 Å². The number of rotatable bonds is 5. The molecule has 0 radical (unpaired) electrons. The van der Waals surface area contributed by atoms with Crippen LogP contribution in [0.2, 0.25) is 0 Å². The summed E-state index contributed by atoms with van der Waals surface area (Å²) in [7, 11) is 0. The number of nitrogens with zero attached hydrogens (tertiary/aromatic N) is 4. The third-order valence-corrected chi connectivity index (χ3v) is 5.74. The first kappa shape index (κ1) is 17.1. The van der Waals surface area contributed by atoms with Crippen LogP contribution < -0.4 is 0 Å². The Hall–Kier alpha value is -2.98. The Balaban J connectivity index is 1.36. The monoisotopic (exact) mass is 368 g/mol. The first-order chi connectivity index (χ1) is 13.8. The third kappa shape index (κ3) is 3.00. The highest BCUT2D eigenvalue weighted by Crippen LogP contribution is 2.32. The number of fused-ring (bicyclic) bond motifs is 2. The molecule has 140 valence electrons. The molecule has 1 aliphatic rings. The second kappa shape index (κ2) is 7.21. The molecule has 0 spiro atoms. The molecule has 3 heterocycles. The van der Waals surface area contributed by atoms with Gasteiger partial charge in [0.05, 0.1) is 11.0 Å². The summed E-state index contributed by atoms with van der Waals surface area (Å²) in [5, 5.41) is 0. The average Bonchev–Trinajstić information content (AvgIpc) is 3.33. The van der Waals surface area contributed by atoms with Crippen molar-refractivity contribution in [2.24, 2.45) is 0 Å². The molecular formula is C24H24N4. The van der Waals surface area contributed by atoms with Crippen molar-refractivity contribution in [3.05, 3.63) is 83.9 Å². The quantitative estimate of drug-likeness (QED) is 0.513. The minimum Gasteiger partial charge on any atom is -0.328 e. The van der Waals surface area contributed by atoms with E-state index >= 15 is 0 Å². The topological polar surface area (TPSA) is 34.0 Å². The average molecular weight is 368 g/mol. The van der Waals surface area contributed by atoms with E-state index in [1.165, 1.54) is 33.6 Å². The smallest absolute Gasteiger partial charge is 0.111 e. The summed E-state index contributed by atoms with van der Waals surface area (Å²) < 4.78 is 2.35. The molecular weight excluding hydrogens is 344 g/mol. The largest absolute Gasteiger partial charge is 0.328 e. The van der Waals surface area contributed by atoms with E-state index < -0.39 is 0 Å². The van der Waals surface area contributed by atoms with Crippen LogP contribution in [0.5, 0.6) is 0 Å². The SMILES string of the molecule is CCn1c(CCN2Cc3cccc(-c4ccncc4)c3C2)nc2ccccc21. The van der Waals surface area contributed by atoms with Gasteiger partial charge in [-0.3, -0.25) is 9.88 Å². The molecule has 0 atom stereocenters. The molecule has 2 aromatic carbocycles. The lowest BCUT2D eigenvalue weighted by atomic mass is 9.98. The maximum atomic E-state index is 4.89. The van der Waals surface area contributed by atoms with Crippen LogP contribution in [-0.4, -0.2) is 26.0 Å². The second-order valence-electron chi connectivity index (χ2n) is 7.40. The predicted molar refractivity (Wildman–Crippen MR) is 113 cm³/mol. The van der Waals surface area contributed by atoms with Gasteiger partial charge < -0.3 is 4.57 Å². The fraction of sp³-hybridized carbons (Fsp3) is 0.250. The normalized spacial score (nSPS) is 13.9. The van der Waals surface area contributed by atoms with Crippen LogP contribution >= 0.6 is 0 Å². The number of pyridine rings is 1. The Labute approximate surface area is 165 Å². The van der Waals surface area contributed by atoms with Crippen molar-refractivity contribution in [1.29, 1.82) is 0 Å². The van der Waals surface area contributed by atoms with Gasteiger partial charge in [0.15, 0.2) is 0 Å². The number of benzene rings is 2. The maximum Gasteiger partial charge on any atom is 0.111 e. The number of para-hydroxylation sites is 2. The number of hydrogen-bond donors (Lipinski definition) is 0. The highest BCUT2D eigenvalue weighted by Gasteiger charge is 2.22. The lowest BCUT2D eigenvalue weighted by Crippen LogP contribution is -2.21. The summed E-state index contributed by atoms with van der Waals surface area (Å²) in [6.45, 7) is 6.20. The van der Waals surface area contributed by atoms with Gasteiger partial charge in [-0.15, -0.1) is 0 Å². The Morgan fingerprint density at radius 2 is 1.79 bits per heavy atom. The minimum absolute atomic E-state index is 0.961. The molecule has 0 fully saturated rings. The van der Waals surface area contributed by atoms with E-state index in [4.69, 9.17) is 4.98 Å². The summed E-state index contributed by atoms with van der Waals surface area (Å²) >= 11 is 0. The van der Waals surface area contributed by atoms with Crippen molar-refractivity contribution in [3.63, 3.8) is 0 Å². The molecule has 1 aliphatic heterocycles. The lowest BCUT2D eigenvalue weighted by Gasteiger charge is -2.15. The summed E-state index contributed by atoms with van der Waals surface area (Å²) in [5.41, 5.74) is 7.83. The maximum absolute atomic E-state index is 4.89. The number of imidazole rings is 1. The van der Waals surface area contributed by atoms with Gasteiger partial charge in [0.1, 0.15) is 5.82 Å². The fourth-order valence-electron chi connectivity index (χ4n) is 4.38. The van der Waals surface area contributed by atoms with Gasteiger partial charge in [0, 0.05) is 45.0 Å². The van der Waals surface area contributed by atoms with Gasteiger partial charge in [-0.2, -0.15) is 0 Å². The van der Waals surface area contributed by atoms with Crippen LogP contribution in [0.25, 0.3) is 22.2 Å². The highest BCUT2D eigenvalue weighted by molar-refractivity contribution is 5.76. The molecule has 0 saturated heterocycles. The molecule has 0 N–H and O–H groups in total. The summed E-state index contributed by atoms with van der Waals surface area (Å²) in [4.78, 5) is 11.6. The van der Waals surface area contributed by atoms with E-state index in [9.17, 15) is 0 Å². The van der Waals surface area contributed by atoms with E-state index in [0.29, 0.717) is 0 Å². The van der Waals surface area contributed by atoms with Crippen LogP contribution in [0.3, 0.4) is 0 Å². The van der Waals surface area contributed by atoms with Gasteiger partial charge >= 0.3 is 0 Å². The van der Waals surface area contributed by atoms with E-state index in [-0.39, 0.29) is 0 Å². The Morgan fingerprint density at radius 1 is 0.929 bits per heavy atom. The van der Waals surface area contributed by atoms with Crippen molar-refractivity contribution >= 4 is 11.0 Å². The summed E-state index contributed by atoms with van der Waals surface area (Å²) in [5.74, 6) is 1.19. The molecule has 5 rings (SSSR count).